The third-order valence-electron chi connectivity index (χ3n) is 3.01. The highest BCUT2D eigenvalue weighted by Gasteiger charge is 2.33. The van der Waals surface area contributed by atoms with E-state index in [-0.39, 0.29) is 12.0 Å². The first-order valence-corrected chi connectivity index (χ1v) is 6.81. The molecule has 0 saturated carbocycles. The molecule has 0 heterocycles. The summed E-state index contributed by atoms with van der Waals surface area (Å²) in [7, 11) is 0. The Morgan fingerprint density at radius 2 is 1.75 bits per heavy atom. The SMILES string of the molecule is CCNC(c1ccccc1)C(OCC(F)(F)F)C(C)C. The first kappa shape index (κ1) is 17.0. The van der Waals surface area contributed by atoms with E-state index in [0.717, 1.165) is 5.56 Å². The highest BCUT2D eigenvalue weighted by Crippen LogP contribution is 2.27. The molecule has 0 bridgehead atoms. The van der Waals surface area contributed by atoms with Crippen molar-refractivity contribution in [3.63, 3.8) is 0 Å². The maximum atomic E-state index is 12.4. The van der Waals surface area contributed by atoms with Crippen LogP contribution in [0.2, 0.25) is 0 Å². The molecule has 2 nitrogen and oxygen atoms in total. The summed E-state index contributed by atoms with van der Waals surface area (Å²) < 4.78 is 42.3. The van der Waals surface area contributed by atoms with Crippen LogP contribution in [0.4, 0.5) is 13.2 Å². The van der Waals surface area contributed by atoms with Crippen molar-refractivity contribution in [2.45, 2.75) is 39.1 Å². The lowest BCUT2D eigenvalue weighted by Crippen LogP contribution is -2.39. The van der Waals surface area contributed by atoms with Gasteiger partial charge >= 0.3 is 6.18 Å². The Labute approximate surface area is 118 Å². The molecule has 0 radical (unpaired) electrons. The van der Waals surface area contributed by atoms with Crippen molar-refractivity contribution in [2.24, 2.45) is 5.92 Å². The van der Waals surface area contributed by atoms with Gasteiger partial charge in [0.15, 0.2) is 0 Å². The maximum Gasteiger partial charge on any atom is 0.411 e. The predicted octanol–water partition coefficient (Wildman–Crippen LogP) is 3.94. The van der Waals surface area contributed by atoms with Gasteiger partial charge in [-0.15, -0.1) is 0 Å². The molecule has 1 N–H and O–H groups in total. The van der Waals surface area contributed by atoms with Crippen LogP contribution in [0.1, 0.15) is 32.4 Å². The highest BCUT2D eigenvalue weighted by atomic mass is 19.4. The predicted molar refractivity (Wildman–Crippen MR) is 73.5 cm³/mol. The van der Waals surface area contributed by atoms with Gasteiger partial charge in [-0.3, -0.25) is 0 Å². The molecule has 1 rings (SSSR count). The van der Waals surface area contributed by atoms with Crippen LogP contribution in [0.3, 0.4) is 0 Å². The van der Waals surface area contributed by atoms with Crippen LogP contribution in [0, 0.1) is 5.92 Å². The van der Waals surface area contributed by atoms with E-state index in [4.69, 9.17) is 4.74 Å². The van der Waals surface area contributed by atoms with Crippen molar-refractivity contribution < 1.29 is 17.9 Å². The van der Waals surface area contributed by atoms with Crippen molar-refractivity contribution in [2.75, 3.05) is 13.2 Å². The summed E-state index contributed by atoms with van der Waals surface area (Å²) >= 11 is 0. The summed E-state index contributed by atoms with van der Waals surface area (Å²) in [5, 5.41) is 3.22. The third kappa shape index (κ3) is 5.51. The Morgan fingerprint density at radius 3 is 2.20 bits per heavy atom. The van der Waals surface area contributed by atoms with Crippen LogP contribution in [-0.4, -0.2) is 25.4 Å². The molecule has 0 aliphatic carbocycles. The average molecular weight is 289 g/mol. The van der Waals surface area contributed by atoms with E-state index >= 15 is 0 Å². The lowest BCUT2D eigenvalue weighted by Gasteiger charge is -2.31. The summed E-state index contributed by atoms with van der Waals surface area (Å²) in [5.41, 5.74) is 0.940. The van der Waals surface area contributed by atoms with Gasteiger partial charge < -0.3 is 10.1 Å². The molecule has 1 aromatic carbocycles. The highest BCUT2D eigenvalue weighted by molar-refractivity contribution is 5.20. The summed E-state index contributed by atoms with van der Waals surface area (Å²) in [4.78, 5) is 0. The number of ether oxygens (including phenoxy) is 1. The first-order valence-electron chi connectivity index (χ1n) is 6.81. The quantitative estimate of drug-likeness (QED) is 0.821. The van der Waals surface area contributed by atoms with Crippen LogP contribution >= 0.6 is 0 Å². The molecule has 1 aromatic rings. The Bertz CT molecular complexity index is 378. The van der Waals surface area contributed by atoms with Gasteiger partial charge in [-0.2, -0.15) is 13.2 Å². The number of alkyl halides is 3. The van der Waals surface area contributed by atoms with Gasteiger partial charge in [0, 0.05) is 0 Å². The average Bonchev–Trinajstić information content (AvgIpc) is 2.37. The molecule has 2 atom stereocenters. The number of hydrogen-bond acceptors (Lipinski definition) is 2. The van der Waals surface area contributed by atoms with E-state index in [2.05, 4.69) is 5.32 Å². The van der Waals surface area contributed by atoms with Crippen LogP contribution in [0.5, 0.6) is 0 Å². The topological polar surface area (TPSA) is 21.3 Å². The van der Waals surface area contributed by atoms with Crippen molar-refractivity contribution in [3.05, 3.63) is 35.9 Å². The van der Waals surface area contributed by atoms with Crippen LogP contribution in [0.15, 0.2) is 30.3 Å². The fraction of sp³-hybridized carbons (Fsp3) is 0.600. The molecular weight excluding hydrogens is 267 g/mol. The standard InChI is InChI=1S/C15H22F3NO/c1-4-19-13(12-8-6-5-7-9-12)14(11(2)3)20-10-15(16,17)18/h5-9,11,13-14,19H,4,10H2,1-3H3. The smallest absolute Gasteiger partial charge is 0.367 e. The van der Waals surface area contributed by atoms with Crippen molar-refractivity contribution >= 4 is 0 Å². The Morgan fingerprint density at radius 1 is 1.15 bits per heavy atom. The van der Waals surface area contributed by atoms with E-state index in [1.807, 2.05) is 51.1 Å². The van der Waals surface area contributed by atoms with E-state index in [9.17, 15) is 13.2 Å². The maximum absolute atomic E-state index is 12.4. The number of halogens is 3. The minimum absolute atomic E-state index is 0.0263. The van der Waals surface area contributed by atoms with E-state index in [1.165, 1.54) is 0 Å². The van der Waals surface area contributed by atoms with Gasteiger partial charge in [0.25, 0.3) is 0 Å². The van der Waals surface area contributed by atoms with Gasteiger partial charge in [-0.25, -0.2) is 0 Å². The minimum Gasteiger partial charge on any atom is -0.367 e. The molecule has 114 valence electrons. The summed E-state index contributed by atoms with van der Waals surface area (Å²) in [5.74, 6) is -0.0263. The van der Waals surface area contributed by atoms with E-state index < -0.39 is 18.9 Å². The molecular formula is C15H22F3NO. The van der Waals surface area contributed by atoms with Gasteiger partial charge in [0.2, 0.25) is 0 Å². The van der Waals surface area contributed by atoms with Crippen LogP contribution in [0.25, 0.3) is 0 Å². The number of nitrogens with one attached hydrogen (secondary N) is 1. The van der Waals surface area contributed by atoms with Gasteiger partial charge in [0.05, 0.1) is 12.1 Å². The van der Waals surface area contributed by atoms with Crippen LogP contribution < -0.4 is 5.32 Å². The van der Waals surface area contributed by atoms with Gasteiger partial charge in [-0.1, -0.05) is 51.1 Å². The summed E-state index contributed by atoms with van der Waals surface area (Å²) in [6.07, 6.45) is -4.83. The van der Waals surface area contributed by atoms with Crippen LogP contribution in [-0.2, 0) is 4.74 Å². The number of hydrogen-bond donors (Lipinski definition) is 1. The second-order valence-electron chi connectivity index (χ2n) is 5.08. The lowest BCUT2D eigenvalue weighted by molar-refractivity contribution is -0.192. The van der Waals surface area contributed by atoms with Crippen molar-refractivity contribution in [3.8, 4) is 0 Å². The monoisotopic (exact) mass is 289 g/mol. The zero-order valence-corrected chi connectivity index (χ0v) is 12.1. The first-order chi connectivity index (χ1) is 9.35. The number of benzene rings is 1. The third-order valence-corrected chi connectivity index (χ3v) is 3.01. The summed E-state index contributed by atoms with van der Waals surface area (Å²) in [6.45, 7) is 5.11. The van der Waals surface area contributed by atoms with Gasteiger partial charge in [0.1, 0.15) is 6.61 Å². The normalized spacial score (nSPS) is 15.3. The van der Waals surface area contributed by atoms with Gasteiger partial charge in [-0.05, 0) is 18.0 Å². The Hall–Kier alpha value is -1.07. The summed E-state index contributed by atoms with van der Waals surface area (Å²) in [6, 6.07) is 9.19. The Kier molecular flexibility index (Phi) is 6.49. The minimum atomic E-state index is -4.30. The molecule has 0 aliphatic rings. The molecule has 0 amide bonds. The largest absolute Gasteiger partial charge is 0.411 e. The fourth-order valence-corrected chi connectivity index (χ4v) is 2.17. The van der Waals surface area contributed by atoms with E-state index in [0.29, 0.717) is 6.54 Å². The number of likely N-dealkylation sites (N-methyl/N-ethyl adjacent to an activating group) is 1. The van der Waals surface area contributed by atoms with Crippen molar-refractivity contribution in [1.82, 2.24) is 5.32 Å². The molecule has 2 unspecified atom stereocenters. The molecule has 0 saturated heterocycles. The second kappa shape index (κ2) is 7.64. The molecule has 0 aromatic heterocycles. The lowest BCUT2D eigenvalue weighted by atomic mass is 9.93. The molecule has 0 aliphatic heterocycles. The molecule has 0 fully saturated rings. The fourth-order valence-electron chi connectivity index (χ4n) is 2.17. The molecule has 5 heteroatoms. The van der Waals surface area contributed by atoms with Crippen molar-refractivity contribution in [1.29, 1.82) is 0 Å². The zero-order valence-electron chi connectivity index (χ0n) is 12.1. The Balaban J connectivity index is 2.89. The second-order valence-corrected chi connectivity index (χ2v) is 5.08. The molecule has 20 heavy (non-hydrogen) atoms. The molecule has 0 spiro atoms. The number of rotatable bonds is 7. The van der Waals surface area contributed by atoms with E-state index in [1.54, 1.807) is 0 Å². The zero-order chi connectivity index (χ0) is 15.2.